The quantitative estimate of drug-likeness (QED) is 0.863. The highest BCUT2D eigenvalue weighted by atomic mass is 35.5. The molecule has 0 bridgehead atoms. The number of rotatable bonds is 4. The molecule has 0 spiro atoms. The second-order valence-corrected chi connectivity index (χ2v) is 5.71. The van der Waals surface area contributed by atoms with Crippen molar-refractivity contribution in [1.29, 1.82) is 0 Å². The van der Waals surface area contributed by atoms with Crippen LogP contribution >= 0.6 is 11.6 Å². The lowest BCUT2D eigenvalue weighted by atomic mass is 10.1. The molecule has 0 amide bonds. The Kier molecular flexibility index (Phi) is 3.08. The number of aromatic nitrogens is 1. The van der Waals surface area contributed by atoms with Gasteiger partial charge >= 0.3 is 0 Å². The van der Waals surface area contributed by atoms with Gasteiger partial charge in [-0.2, -0.15) is 0 Å². The first-order valence-electron chi connectivity index (χ1n) is 6.66. The van der Waals surface area contributed by atoms with Crippen LogP contribution in [0.5, 0.6) is 0 Å². The minimum Gasteiger partial charge on any atom is -0.358 e. The van der Waals surface area contributed by atoms with Gasteiger partial charge in [0.05, 0.1) is 5.52 Å². The lowest BCUT2D eigenvalue weighted by molar-refractivity contribution is 0.682. The highest BCUT2D eigenvalue weighted by Crippen LogP contribution is 2.29. The Balaban J connectivity index is 1.89. The number of halogens is 1. The van der Waals surface area contributed by atoms with E-state index in [0.717, 1.165) is 29.6 Å². The Morgan fingerprint density at radius 2 is 2.11 bits per heavy atom. The average molecular weight is 263 g/mol. The summed E-state index contributed by atoms with van der Waals surface area (Å²) in [6.45, 7) is 5.30. The predicted octanol–water partition coefficient (Wildman–Crippen LogP) is 3.73. The standard InChI is InChI=1S/C15H19ClN2/c1-9-14(16)6-5-13-12(10(2)18-15(9)13)7-8-17-11-3-4-11/h5-6,11,17-18H,3-4,7-8H2,1-2H3. The van der Waals surface area contributed by atoms with Crippen LogP contribution in [0.1, 0.15) is 29.7 Å². The third kappa shape index (κ3) is 2.15. The first kappa shape index (κ1) is 12.1. The largest absolute Gasteiger partial charge is 0.358 e. The van der Waals surface area contributed by atoms with Crippen molar-refractivity contribution in [3.05, 3.63) is 34.0 Å². The van der Waals surface area contributed by atoms with Gasteiger partial charge in [-0.15, -0.1) is 0 Å². The molecule has 96 valence electrons. The maximum Gasteiger partial charge on any atom is 0.0503 e. The van der Waals surface area contributed by atoms with Gasteiger partial charge in [-0.25, -0.2) is 0 Å². The van der Waals surface area contributed by atoms with E-state index >= 15 is 0 Å². The van der Waals surface area contributed by atoms with Crippen LogP contribution in [0.3, 0.4) is 0 Å². The fraction of sp³-hybridized carbons (Fsp3) is 0.467. The summed E-state index contributed by atoms with van der Waals surface area (Å²) >= 11 is 6.17. The molecule has 2 nitrogen and oxygen atoms in total. The average Bonchev–Trinajstić information content (AvgIpc) is 3.10. The predicted molar refractivity (Wildman–Crippen MR) is 77.5 cm³/mol. The zero-order valence-corrected chi connectivity index (χ0v) is 11.7. The summed E-state index contributed by atoms with van der Waals surface area (Å²) in [5.74, 6) is 0. The van der Waals surface area contributed by atoms with Gasteiger partial charge in [-0.3, -0.25) is 0 Å². The van der Waals surface area contributed by atoms with Crippen molar-refractivity contribution in [2.24, 2.45) is 0 Å². The fourth-order valence-electron chi connectivity index (χ4n) is 2.57. The van der Waals surface area contributed by atoms with Crippen molar-refractivity contribution in [2.75, 3.05) is 6.54 Å². The van der Waals surface area contributed by atoms with E-state index in [9.17, 15) is 0 Å². The monoisotopic (exact) mass is 262 g/mol. The van der Waals surface area contributed by atoms with Crippen molar-refractivity contribution in [2.45, 2.75) is 39.2 Å². The molecule has 1 aromatic heterocycles. The Labute approximate surface area is 113 Å². The van der Waals surface area contributed by atoms with Crippen LogP contribution in [0.15, 0.2) is 12.1 Å². The van der Waals surface area contributed by atoms with E-state index in [1.165, 1.54) is 35.0 Å². The number of hydrogen-bond acceptors (Lipinski definition) is 1. The van der Waals surface area contributed by atoms with Gasteiger partial charge in [-0.05, 0) is 56.8 Å². The van der Waals surface area contributed by atoms with Gasteiger partial charge in [0.1, 0.15) is 0 Å². The Hall–Kier alpha value is -0.990. The first-order valence-corrected chi connectivity index (χ1v) is 7.04. The van der Waals surface area contributed by atoms with Crippen LogP contribution in [0.25, 0.3) is 10.9 Å². The van der Waals surface area contributed by atoms with Crippen LogP contribution in [0, 0.1) is 13.8 Å². The molecular weight excluding hydrogens is 244 g/mol. The smallest absolute Gasteiger partial charge is 0.0503 e. The van der Waals surface area contributed by atoms with Crippen LogP contribution < -0.4 is 5.32 Å². The summed E-state index contributed by atoms with van der Waals surface area (Å²) in [7, 11) is 0. The molecule has 1 aromatic carbocycles. The number of aryl methyl sites for hydroxylation is 2. The summed E-state index contributed by atoms with van der Waals surface area (Å²) < 4.78 is 0. The number of H-pyrrole nitrogens is 1. The molecule has 1 fully saturated rings. The van der Waals surface area contributed by atoms with Gasteiger partial charge in [0.2, 0.25) is 0 Å². The third-order valence-electron chi connectivity index (χ3n) is 3.87. The van der Waals surface area contributed by atoms with E-state index in [-0.39, 0.29) is 0 Å². The minimum atomic E-state index is 0.784. The zero-order valence-electron chi connectivity index (χ0n) is 10.9. The SMILES string of the molecule is Cc1[nH]c2c(C)c(Cl)ccc2c1CCNC1CC1. The number of nitrogens with one attached hydrogen (secondary N) is 2. The van der Waals surface area contributed by atoms with E-state index in [0.29, 0.717) is 0 Å². The van der Waals surface area contributed by atoms with Crippen molar-refractivity contribution in [3.63, 3.8) is 0 Å². The van der Waals surface area contributed by atoms with Gasteiger partial charge in [0.15, 0.2) is 0 Å². The molecule has 0 aliphatic heterocycles. The van der Waals surface area contributed by atoms with Crippen LogP contribution in [0.4, 0.5) is 0 Å². The minimum absolute atomic E-state index is 0.784. The second-order valence-electron chi connectivity index (χ2n) is 5.30. The van der Waals surface area contributed by atoms with Crippen molar-refractivity contribution in [3.8, 4) is 0 Å². The van der Waals surface area contributed by atoms with Crippen molar-refractivity contribution >= 4 is 22.5 Å². The molecule has 1 saturated carbocycles. The lowest BCUT2D eigenvalue weighted by Gasteiger charge is -2.04. The summed E-state index contributed by atoms with van der Waals surface area (Å²) in [6, 6.07) is 4.93. The Morgan fingerprint density at radius 3 is 2.83 bits per heavy atom. The Bertz CT molecular complexity index is 582. The van der Waals surface area contributed by atoms with E-state index in [2.05, 4.69) is 30.2 Å². The maximum absolute atomic E-state index is 6.17. The summed E-state index contributed by atoms with van der Waals surface area (Å²) in [5, 5.41) is 5.74. The highest BCUT2D eigenvalue weighted by molar-refractivity contribution is 6.32. The number of benzene rings is 1. The van der Waals surface area contributed by atoms with Gasteiger partial charge < -0.3 is 10.3 Å². The second kappa shape index (κ2) is 4.60. The summed E-state index contributed by atoms with van der Waals surface area (Å²) in [4.78, 5) is 3.48. The van der Waals surface area contributed by atoms with Gasteiger partial charge in [-0.1, -0.05) is 17.7 Å². The van der Waals surface area contributed by atoms with Gasteiger partial charge in [0, 0.05) is 22.1 Å². The molecule has 3 heteroatoms. The summed E-state index contributed by atoms with van der Waals surface area (Å²) in [5.41, 5.74) is 5.05. The number of fused-ring (bicyclic) bond motifs is 1. The van der Waals surface area contributed by atoms with Crippen molar-refractivity contribution < 1.29 is 0 Å². The molecule has 0 unspecified atom stereocenters. The van der Waals surface area contributed by atoms with E-state index in [1.54, 1.807) is 0 Å². The van der Waals surface area contributed by atoms with E-state index in [1.807, 2.05) is 6.07 Å². The first-order chi connectivity index (χ1) is 8.66. The molecule has 0 atom stereocenters. The molecule has 2 aromatic rings. The van der Waals surface area contributed by atoms with Crippen LogP contribution in [-0.4, -0.2) is 17.6 Å². The molecule has 2 N–H and O–H groups in total. The summed E-state index contributed by atoms with van der Waals surface area (Å²) in [6.07, 6.45) is 3.78. The van der Waals surface area contributed by atoms with Crippen LogP contribution in [0.2, 0.25) is 5.02 Å². The fourth-order valence-corrected chi connectivity index (χ4v) is 2.73. The molecule has 1 heterocycles. The molecule has 1 aliphatic rings. The Morgan fingerprint density at radius 1 is 1.33 bits per heavy atom. The molecule has 3 rings (SSSR count). The molecule has 0 saturated heterocycles. The third-order valence-corrected chi connectivity index (χ3v) is 4.28. The zero-order chi connectivity index (χ0) is 12.7. The number of hydrogen-bond donors (Lipinski definition) is 2. The molecule has 0 radical (unpaired) electrons. The lowest BCUT2D eigenvalue weighted by Crippen LogP contribution is -2.19. The van der Waals surface area contributed by atoms with Gasteiger partial charge in [0.25, 0.3) is 0 Å². The van der Waals surface area contributed by atoms with Crippen LogP contribution in [-0.2, 0) is 6.42 Å². The normalized spacial score (nSPS) is 15.5. The highest BCUT2D eigenvalue weighted by Gasteiger charge is 2.20. The molecular formula is C15H19ClN2. The maximum atomic E-state index is 6.17. The topological polar surface area (TPSA) is 27.8 Å². The van der Waals surface area contributed by atoms with E-state index < -0.39 is 0 Å². The molecule has 18 heavy (non-hydrogen) atoms. The van der Waals surface area contributed by atoms with E-state index in [4.69, 9.17) is 11.6 Å². The van der Waals surface area contributed by atoms with Crippen molar-refractivity contribution in [1.82, 2.24) is 10.3 Å². The number of aromatic amines is 1. The molecule has 1 aliphatic carbocycles.